The molecular formula is C19H27B3N2O4S2. The molecule has 0 saturated carbocycles. The van der Waals surface area contributed by atoms with Crippen LogP contribution in [0.1, 0.15) is 57.4 Å². The number of rotatable bonds is 3. The highest BCUT2D eigenvalue weighted by molar-refractivity contribution is 8.14. The van der Waals surface area contributed by atoms with E-state index in [1.165, 1.54) is 21.6 Å². The van der Waals surface area contributed by atoms with E-state index in [0.717, 1.165) is 43.2 Å². The van der Waals surface area contributed by atoms with Crippen molar-refractivity contribution in [3.8, 4) is 0 Å². The van der Waals surface area contributed by atoms with Gasteiger partial charge in [-0.2, -0.15) is 0 Å². The largest absolute Gasteiger partial charge is 0.505 e. The van der Waals surface area contributed by atoms with Crippen molar-refractivity contribution in [1.29, 1.82) is 0 Å². The van der Waals surface area contributed by atoms with Crippen LogP contribution in [0.15, 0.2) is 11.1 Å². The van der Waals surface area contributed by atoms with Crippen molar-refractivity contribution < 1.29 is 18.6 Å². The first-order chi connectivity index (χ1) is 14.3. The van der Waals surface area contributed by atoms with Crippen LogP contribution in [-0.4, -0.2) is 61.1 Å². The predicted octanol–water partition coefficient (Wildman–Crippen LogP) is 2.49. The van der Waals surface area contributed by atoms with Gasteiger partial charge in [0.05, 0.1) is 29.8 Å². The molecule has 0 N–H and O–H groups in total. The van der Waals surface area contributed by atoms with Gasteiger partial charge in [0, 0.05) is 15.4 Å². The minimum atomic E-state index is -0.318. The summed E-state index contributed by atoms with van der Waals surface area (Å²) in [5, 5.41) is 1.10. The minimum Gasteiger partial charge on any atom is -0.418 e. The minimum absolute atomic E-state index is 0.130. The SMILES string of the molecule is CC1(C)OB(c2cc3c(s2)CCCC32CCSC(N(B3CO3)B3CO3)=N2)OC1(C)C. The molecule has 0 radical (unpaired) electrons. The van der Waals surface area contributed by atoms with Gasteiger partial charge < -0.3 is 23.3 Å². The van der Waals surface area contributed by atoms with Crippen molar-refractivity contribution >= 4 is 54.3 Å². The normalized spacial score (nSPS) is 31.1. The van der Waals surface area contributed by atoms with Crippen LogP contribution in [0.3, 0.4) is 0 Å². The van der Waals surface area contributed by atoms with Gasteiger partial charge in [0.25, 0.3) is 0 Å². The highest BCUT2D eigenvalue weighted by atomic mass is 32.2. The molecule has 30 heavy (non-hydrogen) atoms. The first-order valence-electron chi connectivity index (χ1n) is 11.0. The van der Waals surface area contributed by atoms with E-state index in [2.05, 4.69) is 38.5 Å². The lowest BCUT2D eigenvalue weighted by Gasteiger charge is -2.39. The molecule has 5 aliphatic rings. The Morgan fingerprint density at radius 2 is 1.70 bits per heavy atom. The molecule has 4 aliphatic heterocycles. The molecule has 1 unspecified atom stereocenters. The second-order valence-electron chi connectivity index (χ2n) is 9.94. The van der Waals surface area contributed by atoms with Crippen LogP contribution in [0.2, 0.25) is 0 Å². The summed E-state index contributed by atoms with van der Waals surface area (Å²) in [6.45, 7) is 10.0. The maximum absolute atomic E-state index is 6.35. The molecule has 0 aromatic carbocycles. The van der Waals surface area contributed by atoms with Crippen LogP contribution in [0.5, 0.6) is 0 Å². The molecule has 6 nitrogen and oxygen atoms in total. The van der Waals surface area contributed by atoms with Gasteiger partial charge >= 0.3 is 21.2 Å². The van der Waals surface area contributed by atoms with Gasteiger partial charge in [-0.25, -0.2) is 0 Å². The van der Waals surface area contributed by atoms with E-state index < -0.39 is 0 Å². The molecule has 1 aliphatic carbocycles. The van der Waals surface area contributed by atoms with Crippen molar-refractivity contribution in [3.63, 3.8) is 0 Å². The van der Waals surface area contributed by atoms with Crippen LogP contribution in [-0.2, 0) is 30.6 Å². The van der Waals surface area contributed by atoms with Gasteiger partial charge in [0.15, 0.2) is 0 Å². The van der Waals surface area contributed by atoms with Gasteiger partial charge in [0.2, 0.25) is 0 Å². The number of hydrogen-bond acceptors (Lipinski definition) is 8. The van der Waals surface area contributed by atoms with Crippen LogP contribution in [0.25, 0.3) is 0 Å². The zero-order chi connectivity index (χ0) is 20.7. The number of amidine groups is 1. The van der Waals surface area contributed by atoms with Crippen LogP contribution in [0, 0.1) is 0 Å². The summed E-state index contributed by atoms with van der Waals surface area (Å²) in [7, 11) is -0.00483. The Labute approximate surface area is 187 Å². The van der Waals surface area contributed by atoms with Crippen molar-refractivity contribution in [2.75, 3.05) is 18.8 Å². The molecule has 1 spiro atoms. The maximum Gasteiger partial charge on any atom is 0.505 e. The lowest BCUT2D eigenvalue weighted by Crippen LogP contribution is -2.45. The third-order valence-corrected chi connectivity index (χ3v) is 9.52. The molecule has 6 rings (SSSR count). The number of aryl methyl sites for hydroxylation is 1. The monoisotopic (exact) mass is 444 g/mol. The Bertz CT molecular complexity index is 874. The molecule has 158 valence electrons. The molecular weight excluding hydrogens is 417 g/mol. The third-order valence-electron chi connectivity index (χ3n) is 7.34. The quantitative estimate of drug-likeness (QED) is 0.528. The van der Waals surface area contributed by atoms with E-state index in [1.807, 2.05) is 23.1 Å². The van der Waals surface area contributed by atoms with Crippen molar-refractivity contribution in [3.05, 3.63) is 16.5 Å². The number of hydrogen-bond donors (Lipinski definition) is 0. The fourth-order valence-electron chi connectivity index (χ4n) is 4.71. The summed E-state index contributed by atoms with van der Waals surface area (Å²) in [5.41, 5.74) is 0.632. The Morgan fingerprint density at radius 3 is 2.33 bits per heavy atom. The van der Waals surface area contributed by atoms with Crippen molar-refractivity contribution in [1.82, 2.24) is 4.72 Å². The number of thioether (sulfide) groups is 1. The van der Waals surface area contributed by atoms with Crippen molar-refractivity contribution in [2.24, 2.45) is 4.99 Å². The Balaban J connectivity index is 1.34. The van der Waals surface area contributed by atoms with Gasteiger partial charge in [-0.05, 0) is 65.0 Å². The lowest BCUT2D eigenvalue weighted by atomic mass is 9.76. The maximum atomic E-state index is 6.35. The smallest absolute Gasteiger partial charge is 0.418 e. The molecule has 1 atom stereocenters. The fourth-order valence-corrected chi connectivity index (χ4v) is 7.21. The molecule has 0 bridgehead atoms. The molecule has 3 fully saturated rings. The van der Waals surface area contributed by atoms with Gasteiger partial charge in [0.1, 0.15) is 5.17 Å². The standard InChI is InChI=1S/C19H27B3N2O4S2/c1-17(2)18(3,4)28-22(27-17)15-10-13-14(30-15)6-5-7-19(13)8-9-29-16(23-19)24(20-11-25-20)21-12-26-21/h10H,5-9,11-12H2,1-4H3. The number of nitrogens with zero attached hydrogens (tertiary/aromatic N) is 2. The Hall–Kier alpha value is -0.445. The van der Waals surface area contributed by atoms with E-state index in [-0.39, 0.29) is 38.0 Å². The van der Waals surface area contributed by atoms with E-state index >= 15 is 0 Å². The number of fused-ring (bicyclic) bond motifs is 2. The van der Waals surface area contributed by atoms with E-state index in [4.69, 9.17) is 23.6 Å². The van der Waals surface area contributed by atoms with Crippen molar-refractivity contribution in [2.45, 2.75) is 70.1 Å². The van der Waals surface area contributed by atoms with Crippen LogP contribution < -0.4 is 4.78 Å². The summed E-state index contributed by atoms with van der Waals surface area (Å²) in [6, 6.07) is 2.34. The van der Waals surface area contributed by atoms with Gasteiger partial charge in [-0.1, -0.05) is 11.8 Å². The lowest BCUT2D eigenvalue weighted by molar-refractivity contribution is 0.00578. The first-order valence-corrected chi connectivity index (χ1v) is 12.8. The number of thiophene rings is 1. The molecule has 11 heteroatoms. The Kier molecular flexibility index (Phi) is 4.56. The van der Waals surface area contributed by atoms with Gasteiger partial charge in [-0.15, -0.1) is 11.3 Å². The second-order valence-corrected chi connectivity index (χ2v) is 12.2. The fraction of sp³-hybridized carbons (Fsp3) is 0.737. The molecule has 1 aromatic rings. The molecule has 0 amide bonds. The third kappa shape index (κ3) is 3.23. The summed E-state index contributed by atoms with van der Waals surface area (Å²) in [4.78, 5) is 6.86. The van der Waals surface area contributed by atoms with E-state index in [1.54, 1.807) is 0 Å². The molecule has 3 saturated heterocycles. The van der Waals surface area contributed by atoms with Gasteiger partial charge in [-0.3, -0.25) is 4.99 Å². The predicted molar refractivity (Wildman–Crippen MR) is 124 cm³/mol. The van der Waals surface area contributed by atoms with Crippen LogP contribution in [0.4, 0.5) is 0 Å². The zero-order valence-corrected chi connectivity index (χ0v) is 19.7. The summed E-state index contributed by atoms with van der Waals surface area (Å²) in [6.07, 6.45) is 4.49. The molecule has 1 aromatic heterocycles. The second kappa shape index (κ2) is 6.78. The molecule has 5 heterocycles. The summed E-state index contributed by atoms with van der Waals surface area (Å²) in [5.74, 6) is 1.08. The zero-order valence-electron chi connectivity index (χ0n) is 18.1. The Morgan fingerprint density at radius 1 is 1.03 bits per heavy atom. The average molecular weight is 444 g/mol. The number of aliphatic imine (C=N–C) groups is 1. The summed E-state index contributed by atoms with van der Waals surface area (Å²) >= 11 is 3.71. The highest BCUT2D eigenvalue weighted by Crippen LogP contribution is 2.48. The topological polar surface area (TPSA) is 59.1 Å². The highest BCUT2D eigenvalue weighted by Gasteiger charge is 2.55. The van der Waals surface area contributed by atoms with Crippen LogP contribution >= 0.6 is 23.1 Å². The van der Waals surface area contributed by atoms with E-state index in [9.17, 15) is 0 Å². The average Bonchev–Trinajstić information content (AvgIpc) is 3.61. The summed E-state index contributed by atoms with van der Waals surface area (Å²) < 4.78 is 27.4. The first kappa shape index (κ1) is 20.2. The van der Waals surface area contributed by atoms with E-state index in [0.29, 0.717) is 0 Å².